The van der Waals surface area contributed by atoms with Crippen molar-refractivity contribution in [2.24, 2.45) is 5.41 Å². The number of hydrogen-bond donors (Lipinski definition) is 2. The van der Waals surface area contributed by atoms with Gasteiger partial charge in [-0.05, 0) is 30.9 Å². The molecule has 0 radical (unpaired) electrons. The fourth-order valence-electron chi connectivity index (χ4n) is 2.54. The molecule has 0 bridgehead atoms. The number of amides is 1. The maximum atomic E-state index is 12.1. The van der Waals surface area contributed by atoms with Crippen LogP contribution < -0.4 is 5.32 Å². The van der Waals surface area contributed by atoms with E-state index in [-0.39, 0.29) is 5.91 Å². The van der Waals surface area contributed by atoms with Gasteiger partial charge in [0, 0.05) is 23.6 Å². The third-order valence-electron chi connectivity index (χ3n) is 3.97. The van der Waals surface area contributed by atoms with Crippen LogP contribution >= 0.6 is 0 Å². The van der Waals surface area contributed by atoms with Gasteiger partial charge in [-0.1, -0.05) is 18.2 Å². The number of hydrogen-bond acceptors (Lipinski definition) is 2. The Kier molecular flexibility index (Phi) is 2.75. The summed E-state index contributed by atoms with van der Waals surface area (Å²) in [4.78, 5) is 15.2. The first-order valence-corrected chi connectivity index (χ1v) is 6.50. The minimum atomic E-state index is -0.772. The molecule has 3 rings (SSSR count). The van der Waals surface area contributed by atoms with Crippen molar-refractivity contribution in [3.8, 4) is 6.07 Å². The second-order valence-corrected chi connectivity index (χ2v) is 5.09. The van der Waals surface area contributed by atoms with Gasteiger partial charge < -0.3 is 10.3 Å². The quantitative estimate of drug-likeness (QED) is 0.882. The number of aromatic nitrogens is 1. The summed E-state index contributed by atoms with van der Waals surface area (Å²) in [6.07, 6.45) is 4.24. The van der Waals surface area contributed by atoms with Crippen LogP contribution in [0.3, 0.4) is 0 Å². The van der Waals surface area contributed by atoms with E-state index in [4.69, 9.17) is 5.26 Å². The average molecular weight is 253 g/mol. The van der Waals surface area contributed by atoms with E-state index in [1.54, 1.807) is 0 Å². The van der Waals surface area contributed by atoms with E-state index in [1.165, 1.54) is 0 Å². The van der Waals surface area contributed by atoms with Gasteiger partial charge in [0.1, 0.15) is 5.41 Å². The summed E-state index contributed by atoms with van der Waals surface area (Å²) < 4.78 is 0. The van der Waals surface area contributed by atoms with Crippen molar-refractivity contribution in [2.75, 3.05) is 0 Å². The number of carbonyl (C=O) groups excluding carboxylic acids is 1. The van der Waals surface area contributed by atoms with E-state index < -0.39 is 5.41 Å². The summed E-state index contributed by atoms with van der Waals surface area (Å²) in [5.41, 5.74) is 1.34. The van der Waals surface area contributed by atoms with Gasteiger partial charge in [-0.2, -0.15) is 5.26 Å². The number of aromatic amines is 1. The molecule has 1 fully saturated rings. The molecule has 2 N–H and O–H groups in total. The van der Waals surface area contributed by atoms with Gasteiger partial charge in [-0.3, -0.25) is 4.79 Å². The largest absolute Gasteiger partial charge is 0.361 e. The Morgan fingerprint density at radius 1 is 1.42 bits per heavy atom. The Balaban J connectivity index is 1.73. The molecule has 4 heteroatoms. The Morgan fingerprint density at radius 2 is 2.21 bits per heavy atom. The smallest absolute Gasteiger partial charge is 0.240 e. The molecule has 4 nitrogen and oxygen atoms in total. The zero-order valence-corrected chi connectivity index (χ0v) is 10.6. The molecule has 0 unspecified atom stereocenters. The maximum absolute atomic E-state index is 12.1. The van der Waals surface area contributed by atoms with Crippen LogP contribution in [0, 0.1) is 16.7 Å². The lowest BCUT2D eigenvalue weighted by atomic mass is 9.69. The van der Waals surface area contributed by atoms with Crippen LogP contribution in [0.5, 0.6) is 0 Å². The van der Waals surface area contributed by atoms with Crippen molar-refractivity contribution in [2.45, 2.75) is 25.8 Å². The third-order valence-corrected chi connectivity index (χ3v) is 3.97. The number of fused-ring (bicyclic) bond motifs is 1. The lowest BCUT2D eigenvalue weighted by Gasteiger charge is -2.33. The van der Waals surface area contributed by atoms with E-state index in [0.717, 1.165) is 22.9 Å². The molecule has 1 saturated carbocycles. The molecule has 1 aliphatic carbocycles. The highest BCUT2D eigenvalue weighted by Crippen LogP contribution is 2.40. The summed E-state index contributed by atoms with van der Waals surface area (Å²) in [5.74, 6) is -0.133. The SMILES string of the molecule is N#CC1(C(=O)NCc2c[nH]c3ccccc23)CCC1. The summed E-state index contributed by atoms with van der Waals surface area (Å²) >= 11 is 0. The molecular formula is C15H15N3O. The first-order chi connectivity index (χ1) is 9.25. The van der Waals surface area contributed by atoms with Crippen molar-refractivity contribution in [1.82, 2.24) is 10.3 Å². The molecule has 0 aliphatic heterocycles. The minimum absolute atomic E-state index is 0.133. The predicted octanol–water partition coefficient (Wildman–Crippen LogP) is 2.48. The van der Waals surface area contributed by atoms with Crippen molar-refractivity contribution in [3.63, 3.8) is 0 Å². The molecule has 1 amide bonds. The Morgan fingerprint density at radius 3 is 2.89 bits per heavy atom. The highest BCUT2D eigenvalue weighted by atomic mass is 16.2. The Hall–Kier alpha value is -2.28. The van der Waals surface area contributed by atoms with Gasteiger partial charge in [0.2, 0.25) is 5.91 Å². The fourth-order valence-corrected chi connectivity index (χ4v) is 2.54. The average Bonchev–Trinajstić information content (AvgIpc) is 2.79. The van der Waals surface area contributed by atoms with Crippen molar-refractivity contribution < 1.29 is 4.79 Å². The summed E-state index contributed by atoms with van der Waals surface area (Å²) in [6, 6.07) is 10.1. The van der Waals surface area contributed by atoms with Gasteiger partial charge >= 0.3 is 0 Å². The van der Waals surface area contributed by atoms with E-state index in [2.05, 4.69) is 16.4 Å². The number of nitriles is 1. The van der Waals surface area contributed by atoms with Gasteiger partial charge in [0.25, 0.3) is 0 Å². The maximum Gasteiger partial charge on any atom is 0.240 e. The molecule has 1 aromatic carbocycles. The predicted molar refractivity (Wildman–Crippen MR) is 72.0 cm³/mol. The lowest BCUT2D eigenvalue weighted by molar-refractivity contribution is -0.131. The molecule has 1 aliphatic rings. The van der Waals surface area contributed by atoms with Gasteiger partial charge in [-0.25, -0.2) is 0 Å². The number of carbonyl (C=O) groups is 1. The van der Waals surface area contributed by atoms with E-state index in [1.807, 2.05) is 30.5 Å². The summed E-state index contributed by atoms with van der Waals surface area (Å²) in [7, 11) is 0. The standard InChI is InChI=1S/C15H15N3O/c16-10-15(6-3-7-15)14(19)18-9-11-8-17-13-5-2-1-4-12(11)13/h1-2,4-5,8,17H,3,6-7,9H2,(H,18,19). The molecule has 96 valence electrons. The van der Waals surface area contributed by atoms with Gasteiger partial charge in [0.05, 0.1) is 6.07 Å². The van der Waals surface area contributed by atoms with Crippen molar-refractivity contribution in [1.29, 1.82) is 5.26 Å². The first-order valence-electron chi connectivity index (χ1n) is 6.50. The topological polar surface area (TPSA) is 68.7 Å². The first kappa shape index (κ1) is 11.8. The van der Waals surface area contributed by atoms with Crippen molar-refractivity contribution >= 4 is 16.8 Å². The Labute approximate surface area is 111 Å². The third kappa shape index (κ3) is 1.88. The summed E-state index contributed by atoms with van der Waals surface area (Å²) in [6.45, 7) is 0.465. The van der Waals surface area contributed by atoms with Crippen LogP contribution in [0.4, 0.5) is 0 Å². The van der Waals surface area contributed by atoms with Gasteiger partial charge in [0.15, 0.2) is 0 Å². The molecule has 1 heterocycles. The highest BCUT2D eigenvalue weighted by Gasteiger charge is 2.44. The number of rotatable bonds is 3. The normalized spacial score (nSPS) is 16.6. The molecular weight excluding hydrogens is 238 g/mol. The zero-order chi connectivity index (χ0) is 13.3. The van der Waals surface area contributed by atoms with E-state index in [9.17, 15) is 4.79 Å². The molecule has 0 atom stereocenters. The van der Waals surface area contributed by atoms with Crippen LogP contribution in [0.25, 0.3) is 10.9 Å². The van der Waals surface area contributed by atoms with Crippen LogP contribution in [-0.2, 0) is 11.3 Å². The lowest BCUT2D eigenvalue weighted by Crippen LogP contribution is -2.44. The number of nitrogens with zero attached hydrogens (tertiary/aromatic N) is 1. The second kappa shape index (κ2) is 4.43. The van der Waals surface area contributed by atoms with Crippen LogP contribution in [0.1, 0.15) is 24.8 Å². The molecule has 2 aromatic rings. The monoisotopic (exact) mass is 253 g/mol. The second-order valence-electron chi connectivity index (χ2n) is 5.09. The zero-order valence-electron chi connectivity index (χ0n) is 10.6. The molecule has 1 aromatic heterocycles. The number of H-pyrrole nitrogens is 1. The van der Waals surface area contributed by atoms with E-state index >= 15 is 0 Å². The molecule has 0 saturated heterocycles. The highest BCUT2D eigenvalue weighted by molar-refractivity contribution is 5.87. The minimum Gasteiger partial charge on any atom is -0.361 e. The fraction of sp³-hybridized carbons (Fsp3) is 0.333. The van der Waals surface area contributed by atoms with Crippen LogP contribution in [-0.4, -0.2) is 10.9 Å². The Bertz CT molecular complexity index is 661. The number of nitrogens with one attached hydrogen (secondary N) is 2. The molecule has 19 heavy (non-hydrogen) atoms. The van der Waals surface area contributed by atoms with Crippen LogP contribution in [0.2, 0.25) is 0 Å². The van der Waals surface area contributed by atoms with Crippen LogP contribution in [0.15, 0.2) is 30.5 Å². The van der Waals surface area contributed by atoms with Crippen molar-refractivity contribution in [3.05, 3.63) is 36.0 Å². The van der Waals surface area contributed by atoms with E-state index in [0.29, 0.717) is 19.4 Å². The number of para-hydroxylation sites is 1. The summed E-state index contributed by atoms with van der Waals surface area (Å²) in [5, 5.41) is 13.1. The van der Waals surface area contributed by atoms with Gasteiger partial charge in [-0.15, -0.1) is 0 Å². The molecule has 0 spiro atoms. The number of benzene rings is 1.